The van der Waals surface area contributed by atoms with Gasteiger partial charge in [-0.05, 0) is 50.6 Å². The molecule has 1 heterocycles. The van der Waals surface area contributed by atoms with Gasteiger partial charge in [-0.25, -0.2) is 4.39 Å². The molecule has 1 saturated heterocycles. The molecular formula is C14H21FN2O. The van der Waals surface area contributed by atoms with Gasteiger partial charge in [0, 0.05) is 12.1 Å². The van der Waals surface area contributed by atoms with E-state index < -0.39 is 0 Å². The number of hydrogen-bond acceptors (Lipinski definition) is 3. The lowest BCUT2D eigenvalue weighted by atomic mass is 9.98. The van der Waals surface area contributed by atoms with Crippen molar-refractivity contribution in [1.82, 2.24) is 10.6 Å². The summed E-state index contributed by atoms with van der Waals surface area (Å²) in [5.74, 6) is 0.00206. The molecule has 0 spiro atoms. The molecule has 1 aliphatic heterocycles. The molecule has 0 aliphatic carbocycles. The highest BCUT2D eigenvalue weighted by Crippen LogP contribution is 2.26. The van der Waals surface area contributed by atoms with Crippen molar-refractivity contribution in [3.05, 3.63) is 29.6 Å². The van der Waals surface area contributed by atoms with E-state index >= 15 is 0 Å². The zero-order valence-electron chi connectivity index (χ0n) is 11.0. The molecule has 2 atom stereocenters. The van der Waals surface area contributed by atoms with E-state index in [9.17, 15) is 4.39 Å². The Morgan fingerprint density at radius 3 is 2.94 bits per heavy atom. The van der Waals surface area contributed by atoms with Gasteiger partial charge in [0.25, 0.3) is 0 Å². The highest BCUT2D eigenvalue weighted by molar-refractivity contribution is 5.31. The summed E-state index contributed by atoms with van der Waals surface area (Å²) in [6.45, 7) is 1.10. The predicted octanol–water partition coefficient (Wildman–Crippen LogP) is 2.24. The monoisotopic (exact) mass is 252 g/mol. The molecule has 0 aromatic heterocycles. The first-order chi connectivity index (χ1) is 8.74. The molecule has 0 radical (unpaired) electrons. The van der Waals surface area contributed by atoms with Crippen molar-refractivity contribution >= 4 is 0 Å². The number of ether oxygens (including phenoxy) is 1. The summed E-state index contributed by atoms with van der Waals surface area (Å²) < 4.78 is 18.6. The molecule has 0 bridgehead atoms. The topological polar surface area (TPSA) is 33.3 Å². The van der Waals surface area contributed by atoms with Crippen molar-refractivity contribution < 1.29 is 9.13 Å². The van der Waals surface area contributed by atoms with Gasteiger partial charge in [0.2, 0.25) is 0 Å². The number of rotatable bonds is 5. The second kappa shape index (κ2) is 6.16. The maximum Gasteiger partial charge on any atom is 0.165 e. The molecule has 1 aliphatic rings. The van der Waals surface area contributed by atoms with Gasteiger partial charge in [0.1, 0.15) is 0 Å². The molecule has 2 unspecified atom stereocenters. The third kappa shape index (κ3) is 3.00. The van der Waals surface area contributed by atoms with Crippen molar-refractivity contribution in [3.63, 3.8) is 0 Å². The minimum atomic E-state index is -0.297. The van der Waals surface area contributed by atoms with Crippen LogP contribution in [0.4, 0.5) is 4.39 Å². The number of methoxy groups -OCH3 is 1. The summed E-state index contributed by atoms with van der Waals surface area (Å²) in [4.78, 5) is 0. The van der Waals surface area contributed by atoms with Crippen molar-refractivity contribution in [2.24, 2.45) is 0 Å². The molecule has 1 aromatic carbocycles. The first-order valence-corrected chi connectivity index (χ1v) is 6.48. The van der Waals surface area contributed by atoms with Crippen LogP contribution in [-0.4, -0.2) is 26.7 Å². The molecule has 0 amide bonds. The fraction of sp³-hybridized carbons (Fsp3) is 0.571. The van der Waals surface area contributed by atoms with Crippen LogP contribution in [0.3, 0.4) is 0 Å². The molecule has 2 rings (SSSR count). The Morgan fingerprint density at radius 2 is 2.39 bits per heavy atom. The van der Waals surface area contributed by atoms with Crippen LogP contribution in [0.5, 0.6) is 5.75 Å². The van der Waals surface area contributed by atoms with Crippen LogP contribution in [0, 0.1) is 5.82 Å². The van der Waals surface area contributed by atoms with Crippen LogP contribution in [0.1, 0.15) is 30.9 Å². The first-order valence-electron chi connectivity index (χ1n) is 6.48. The van der Waals surface area contributed by atoms with Gasteiger partial charge in [0.05, 0.1) is 7.11 Å². The Morgan fingerprint density at radius 1 is 1.56 bits per heavy atom. The number of hydrogen-bond donors (Lipinski definition) is 2. The van der Waals surface area contributed by atoms with Crippen LogP contribution in [0.15, 0.2) is 18.2 Å². The van der Waals surface area contributed by atoms with E-state index in [1.807, 2.05) is 13.1 Å². The van der Waals surface area contributed by atoms with E-state index in [0.29, 0.717) is 11.8 Å². The second-order valence-electron chi connectivity index (χ2n) is 4.76. The smallest absolute Gasteiger partial charge is 0.165 e. The van der Waals surface area contributed by atoms with Crippen LogP contribution in [0.25, 0.3) is 0 Å². The normalized spacial score (nSPS) is 20.9. The summed E-state index contributed by atoms with van der Waals surface area (Å²) in [6.07, 6.45) is 3.43. The summed E-state index contributed by atoms with van der Waals surface area (Å²) in [7, 11) is 3.40. The fourth-order valence-electron chi connectivity index (χ4n) is 2.56. The predicted molar refractivity (Wildman–Crippen MR) is 70.4 cm³/mol. The molecule has 18 heavy (non-hydrogen) atoms. The minimum absolute atomic E-state index is 0.181. The summed E-state index contributed by atoms with van der Waals surface area (Å²) in [6, 6.07) is 5.90. The molecule has 3 nitrogen and oxygen atoms in total. The van der Waals surface area contributed by atoms with E-state index in [4.69, 9.17) is 4.74 Å². The van der Waals surface area contributed by atoms with E-state index in [0.717, 1.165) is 18.5 Å². The maximum absolute atomic E-state index is 13.7. The zero-order chi connectivity index (χ0) is 13.0. The van der Waals surface area contributed by atoms with E-state index in [1.165, 1.54) is 20.0 Å². The Labute approximate surface area is 108 Å². The van der Waals surface area contributed by atoms with Gasteiger partial charge in [-0.15, -0.1) is 0 Å². The van der Waals surface area contributed by atoms with Gasteiger partial charge >= 0.3 is 0 Å². The van der Waals surface area contributed by atoms with Gasteiger partial charge in [0.15, 0.2) is 11.6 Å². The van der Waals surface area contributed by atoms with Crippen molar-refractivity contribution in [3.8, 4) is 5.75 Å². The Bertz CT molecular complexity index is 391. The first kappa shape index (κ1) is 13.3. The maximum atomic E-state index is 13.7. The van der Waals surface area contributed by atoms with Crippen LogP contribution < -0.4 is 15.4 Å². The SMILES string of the molecule is CNC(CC1CCCN1)c1ccc(OC)c(F)c1. The lowest BCUT2D eigenvalue weighted by molar-refractivity contribution is 0.384. The zero-order valence-corrected chi connectivity index (χ0v) is 11.0. The highest BCUT2D eigenvalue weighted by Gasteiger charge is 2.20. The molecule has 1 aromatic rings. The fourth-order valence-corrected chi connectivity index (χ4v) is 2.56. The summed E-state index contributed by atoms with van der Waals surface area (Å²) in [5.41, 5.74) is 0.976. The summed E-state index contributed by atoms with van der Waals surface area (Å²) in [5, 5.41) is 6.73. The van der Waals surface area contributed by atoms with Crippen LogP contribution in [-0.2, 0) is 0 Å². The second-order valence-corrected chi connectivity index (χ2v) is 4.76. The third-order valence-corrected chi connectivity index (χ3v) is 3.61. The Balaban J connectivity index is 2.08. The lowest BCUT2D eigenvalue weighted by Gasteiger charge is -2.21. The number of benzene rings is 1. The van der Waals surface area contributed by atoms with Gasteiger partial charge < -0.3 is 15.4 Å². The van der Waals surface area contributed by atoms with Gasteiger partial charge in [-0.3, -0.25) is 0 Å². The van der Waals surface area contributed by atoms with E-state index in [1.54, 1.807) is 12.1 Å². The summed E-state index contributed by atoms with van der Waals surface area (Å²) >= 11 is 0. The quantitative estimate of drug-likeness (QED) is 0.843. The van der Waals surface area contributed by atoms with Crippen LogP contribution in [0.2, 0.25) is 0 Å². The Hall–Kier alpha value is -1.13. The average molecular weight is 252 g/mol. The number of nitrogens with one attached hydrogen (secondary N) is 2. The van der Waals surface area contributed by atoms with E-state index in [2.05, 4.69) is 10.6 Å². The molecule has 100 valence electrons. The molecular weight excluding hydrogens is 231 g/mol. The molecule has 4 heteroatoms. The van der Waals surface area contributed by atoms with Crippen LogP contribution >= 0.6 is 0 Å². The Kier molecular flexibility index (Phi) is 4.55. The van der Waals surface area contributed by atoms with Crippen molar-refractivity contribution in [2.45, 2.75) is 31.3 Å². The third-order valence-electron chi connectivity index (χ3n) is 3.61. The minimum Gasteiger partial charge on any atom is -0.494 e. The average Bonchev–Trinajstić information content (AvgIpc) is 2.88. The van der Waals surface area contributed by atoms with E-state index in [-0.39, 0.29) is 11.9 Å². The highest BCUT2D eigenvalue weighted by atomic mass is 19.1. The lowest BCUT2D eigenvalue weighted by Crippen LogP contribution is -2.28. The van der Waals surface area contributed by atoms with Gasteiger partial charge in [-0.2, -0.15) is 0 Å². The molecule has 0 saturated carbocycles. The molecule has 2 N–H and O–H groups in total. The molecule has 1 fully saturated rings. The van der Waals surface area contributed by atoms with Gasteiger partial charge in [-0.1, -0.05) is 6.07 Å². The number of halogens is 1. The van der Waals surface area contributed by atoms with Crippen molar-refractivity contribution in [1.29, 1.82) is 0 Å². The largest absolute Gasteiger partial charge is 0.494 e. The van der Waals surface area contributed by atoms with Crippen molar-refractivity contribution in [2.75, 3.05) is 20.7 Å². The standard InChI is InChI=1S/C14H21FN2O/c1-16-13(9-11-4-3-7-17-11)10-5-6-14(18-2)12(15)8-10/h5-6,8,11,13,16-17H,3-4,7,9H2,1-2H3.